The Morgan fingerprint density at radius 1 is 0.882 bits per heavy atom. The molecular weight excluding hydrogens is 430 g/mol. The van der Waals surface area contributed by atoms with Crippen molar-refractivity contribution in [1.82, 2.24) is 0 Å². The van der Waals surface area contributed by atoms with E-state index in [9.17, 15) is 14.7 Å². The van der Waals surface area contributed by atoms with Crippen LogP contribution in [0.1, 0.15) is 37.4 Å². The molecule has 1 aliphatic heterocycles. The van der Waals surface area contributed by atoms with Gasteiger partial charge in [-0.05, 0) is 55.3 Å². The Labute approximate surface area is 199 Å². The first-order valence-corrected chi connectivity index (χ1v) is 11.4. The number of aliphatic hydroxyl groups excluding tert-OH is 1. The number of rotatable bonds is 8. The fourth-order valence-electron chi connectivity index (χ4n) is 4.02. The third-order valence-corrected chi connectivity index (χ3v) is 5.57. The highest BCUT2D eigenvalue weighted by molar-refractivity contribution is 6.51. The van der Waals surface area contributed by atoms with Crippen LogP contribution in [0.3, 0.4) is 0 Å². The molecule has 1 saturated heterocycles. The summed E-state index contributed by atoms with van der Waals surface area (Å²) in [5.74, 6) is -0.397. The van der Waals surface area contributed by atoms with Crippen molar-refractivity contribution in [2.75, 3.05) is 18.1 Å². The molecule has 0 saturated carbocycles. The van der Waals surface area contributed by atoms with Crippen LogP contribution in [0.15, 0.2) is 84.4 Å². The molecular formula is C28H27NO5. The number of ether oxygens (including phenoxy) is 2. The van der Waals surface area contributed by atoms with Gasteiger partial charge in [0.1, 0.15) is 17.3 Å². The van der Waals surface area contributed by atoms with Crippen LogP contribution in [-0.2, 0) is 9.59 Å². The van der Waals surface area contributed by atoms with Gasteiger partial charge in [0, 0.05) is 17.3 Å². The lowest BCUT2D eigenvalue weighted by Gasteiger charge is -2.25. The molecule has 0 spiro atoms. The topological polar surface area (TPSA) is 76.1 Å². The molecule has 1 fully saturated rings. The maximum absolute atomic E-state index is 13.2. The lowest BCUT2D eigenvalue weighted by Crippen LogP contribution is -2.29. The Balaban J connectivity index is 1.82. The number of benzene rings is 3. The number of hydrogen-bond donors (Lipinski definition) is 1. The number of carbonyl (C=O) groups is 2. The molecule has 1 unspecified atom stereocenters. The second kappa shape index (κ2) is 10.3. The highest BCUT2D eigenvalue weighted by Crippen LogP contribution is 2.42. The molecule has 34 heavy (non-hydrogen) atoms. The summed E-state index contributed by atoms with van der Waals surface area (Å²) in [5, 5.41) is 11.2. The summed E-state index contributed by atoms with van der Waals surface area (Å²) < 4.78 is 11.2. The van der Waals surface area contributed by atoms with Crippen LogP contribution >= 0.6 is 0 Å². The highest BCUT2D eigenvalue weighted by Gasteiger charge is 2.47. The standard InChI is InChI=1S/C28H27NO5/c1-3-17-34-22-15-13-20(14-16-22)26(30)24-25(19-9-6-5-7-10-19)29(28(32)27(24)31)21-11-8-12-23(18-21)33-4-2/h5-16,18,25,30H,3-4,17H2,1-2H3/b26-24+. The molecule has 0 aliphatic carbocycles. The van der Waals surface area contributed by atoms with E-state index in [4.69, 9.17) is 9.47 Å². The summed E-state index contributed by atoms with van der Waals surface area (Å²) in [7, 11) is 0. The van der Waals surface area contributed by atoms with Crippen LogP contribution in [0.2, 0.25) is 0 Å². The van der Waals surface area contributed by atoms with Gasteiger partial charge in [-0.15, -0.1) is 0 Å². The maximum Gasteiger partial charge on any atom is 0.300 e. The van der Waals surface area contributed by atoms with Crippen molar-refractivity contribution in [3.05, 3.63) is 95.6 Å². The molecule has 1 N–H and O–H groups in total. The zero-order valence-electron chi connectivity index (χ0n) is 19.2. The van der Waals surface area contributed by atoms with Gasteiger partial charge in [-0.25, -0.2) is 0 Å². The van der Waals surface area contributed by atoms with Gasteiger partial charge in [0.2, 0.25) is 0 Å². The van der Waals surface area contributed by atoms with Crippen LogP contribution in [-0.4, -0.2) is 30.0 Å². The predicted octanol–water partition coefficient (Wildman–Crippen LogP) is 5.50. The average Bonchev–Trinajstić information content (AvgIpc) is 3.14. The lowest BCUT2D eigenvalue weighted by atomic mass is 9.95. The van der Waals surface area contributed by atoms with Crippen LogP contribution in [0.25, 0.3) is 5.76 Å². The maximum atomic E-state index is 13.2. The number of ketones is 1. The van der Waals surface area contributed by atoms with Crippen molar-refractivity contribution < 1.29 is 24.2 Å². The van der Waals surface area contributed by atoms with Crippen LogP contribution < -0.4 is 14.4 Å². The number of carbonyl (C=O) groups excluding carboxylic acids is 2. The molecule has 0 aromatic heterocycles. The van der Waals surface area contributed by atoms with E-state index in [2.05, 4.69) is 0 Å². The summed E-state index contributed by atoms with van der Waals surface area (Å²) >= 11 is 0. The summed E-state index contributed by atoms with van der Waals surface area (Å²) in [6.45, 7) is 4.96. The van der Waals surface area contributed by atoms with Crippen molar-refractivity contribution >= 4 is 23.1 Å². The molecule has 3 aromatic carbocycles. The molecule has 6 nitrogen and oxygen atoms in total. The van der Waals surface area contributed by atoms with E-state index in [1.807, 2.05) is 44.2 Å². The lowest BCUT2D eigenvalue weighted by molar-refractivity contribution is -0.132. The van der Waals surface area contributed by atoms with Crippen molar-refractivity contribution in [1.29, 1.82) is 0 Å². The summed E-state index contributed by atoms with van der Waals surface area (Å²) in [6.07, 6.45) is 0.882. The molecule has 3 aromatic rings. The zero-order chi connectivity index (χ0) is 24.1. The van der Waals surface area contributed by atoms with Gasteiger partial charge < -0.3 is 14.6 Å². The van der Waals surface area contributed by atoms with Gasteiger partial charge in [0.05, 0.1) is 24.8 Å². The van der Waals surface area contributed by atoms with E-state index < -0.39 is 17.7 Å². The quantitative estimate of drug-likeness (QED) is 0.275. The molecule has 0 bridgehead atoms. The van der Waals surface area contributed by atoms with Crippen LogP contribution in [0, 0.1) is 0 Å². The second-order valence-electron chi connectivity index (χ2n) is 7.88. The van der Waals surface area contributed by atoms with E-state index in [0.29, 0.717) is 41.5 Å². The minimum absolute atomic E-state index is 0.0419. The fraction of sp³-hybridized carbons (Fsp3) is 0.214. The molecule has 174 valence electrons. The summed E-state index contributed by atoms with van der Waals surface area (Å²) in [5.41, 5.74) is 1.71. The van der Waals surface area contributed by atoms with E-state index in [-0.39, 0.29) is 11.3 Å². The van der Waals surface area contributed by atoms with Crippen LogP contribution in [0.5, 0.6) is 11.5 Å². The van der Waals surface area contributed by atoms with Gasteiger partial charge in [0.15, 0.2) is 0 Å². The fourth-order valence-corrected chi connectivity index (χ4v) is 4.02. The van der Waals surface area contributed by atoms with Gasteiger partial charge in [-0.2, -0.15) is 0 Å². The highest BCUT2D eigenvalue weighted by atomic mass is 16.5. The first-order valence-electron chi connectivity index (χ1n) is 11.4. The summed E-state index contributed by atoms with van der Waals surface area (Å²) in [6, 6.07) is 22.3. The van der Waals surface area contributed by atoms with E-state index in [1.54, 1.807) is 48.5 Å². The number of aliphatic hydroxyl groups is 1. The minimum atomic E-state index is -0.783. The third kappa shape index (κ3) is 4.53. The normalized spacial score (nSPS) is 17.1. The average molecular weight is 458 g/mol. The van der Waals surface area contributed by atoms with Crippen molar-refractivity contribution in [2.24, 2.45) is 0 Å². The first-order chi connectivity index (χ1) is 16.5. The smallest absolute Gasteiger partial charge is 0.300 e. The zero-order valence-corrected chi connectivity index (χ0v) is 19.2. The number of Topliss-reactive ketones (excluding diaryl/α,β-unsaturated/α-hetero) is 1. The second-order valence-corrected chi connectivity index (χ2v) is 7.88. The Bertz CT molecular complexity index is 1200. The number of anilines is 1. The number of amides is 1. The third-order valence-electron chi connectivity index (χ3n) is 5.57. The van der Waals surface area contributed by atoms with Gasteiger partial charge in [-0.1, -0.05) is 43.3 Å². The van der Waals surface area contributed by atoms with E-state index >= 15 is 0 Å². The first kappa shape index (κ1) is 23.1. The largest absolute Gasteiger partial charge is 0.507 e. The Morgan fingerprint density at radius 3 is 2.29 bits per heavy atom. The molecule has 1 amide bonds. The Kier molecular flexibility index (Phi) is 6.97. The molecule has 1 heterocycles. The number of nitrogens with zero attached hydrogens (tertiary/aromatic N) is 1. The van der Waals surface area contributed by atoms with Crippen molar-refractivity contribution in [3.8, 4) is 11.5 Å². The Morgan fingerprint density at radius 2 is 1.62 bits per heavy atom. The van der Waals surface area contributed by atoms with E-state index in [1.165, 1.54) is 4.90 Å². The minimum Gasteiger partial charge on any atom is -0.507 e. The van der Waals surface area contributed by atoms with Crippen molar-refractivity contribution in [3.63, 3.8) is 0 Å². The van der Waals surface area contributed by atoms with Crippen LogP contribution in [0.4, 0.5) is 5.69 Å². The summed E-state index contributed by atoms with van der Waals surface area (Å²) in [4.78, 5) is 27.9. The molecule has 0 radical (unpaired) electrons. The predicted molar refractivity (Wildman–Crippen MR) is 131 cm³/mol. The monoisotopic (exact) mass is 457 g/mol. The SMILES string of the molecule is CCCOc1ccc(/C(O)=C2\C(=O)C(=O)N(c3cccc(OCC)c3)C2c2ccccc2)cc1. The molecule has 1 atom stereocenters. The van der Waals surface area contributed by atoms with Crippen molar-refractivity contribution in [2.45, 2.75) is 26.3 Å². The van der Waals surface area contributed by atoms with E-state index in [0.717, 1.165) is 6.42 Å². The van der Waals surface area contributed by atoms with Gasteiger partial charge in [-0.3, -0.25) is 14.5 Å². The van der Waals surface area contributed by atoms with Gasteiger partial charge >= 0.3 is 0 Å². The molecule has 1 aliphatic rings. The molecule has 4 rings (SSSR count). The van der Waals surface area contributed by atoms with Gasteiger partial charge in [0.25, 0.3) is 11.7 Å². The number of hydrogen-bond acceptors (Lipinski definition) is 5. The molecule has 6 heteroatoms. The Hall–Kier alpha value is -4.06.